The number of ether oxygens (including phenoxy) is 3. The zero-order valence-corrected chi connectivity index (χ0v) is 20.0. The lowest BCUT2D eigenvalue weighted by Gasteiger charge is -2.26. The second kappa shape index (κ2) is 10.4. The molecule has 4 rings (SSSR count). The summed E-state index contributed by atoms with van der Waals surface area (Å²) in [5, 5.41) is 0. The molecule has 0 bridgehead atoms. The number of carbonyl (C=O) groups excluding carboxylic acids is 2. The van der Waals surface area contributed by atoms with Gasteiger partial charge >= 0.3 is 0 Å². The molecule has 33 heavy (non-hydrogen) atoms. The average Bonchev–Trinajstić information content (AvgIpc) is 3.11. The van der Waals surface area contributed by atoms with Crippen LogP contribution >= 0.6 is 24.0 Å². The van der Waals surface area contributed by atoms with Crippen LogP contribution in [0.1, 0.15) is 11.1 Å². The fraction of sp³-hybridized carbons (Fsp3) is 0.292. The number of nitrogens with zero attached hydrogens (tertiary/aromatic N) is 2. The second-order valence-electron chi connectivity index (χ2n) is 7.50. The average molecular weight is 485 g/mol. The Bertz CT molecular complexity index is 1110. The summed E-state index contributed by atoms with van der Waals surface area (Å²) >= 11 is 6.74. The molecule has 0 unspecified atom stereocenters. The van der Waals surface area contributed by atoms with Crippen LogP contribution in [-0.4, -0.2) is 61.1 Å². The summed E-state index contributed by atoms with van der Waals surface area (Å²) in [6.07, 6.45) is 1.78. The van der Waals surface area contributed by atoms with Crippen LogP contribution < -0.4 is 14.4 Å². The van der Waals surface area contributed by atoms with Crippen LogP contribution in [0.25, 0.3) is 6.08 Å². The largest absolute Gasteiger partial charge is 0.493 e. The summed E-state index contributed by atoms with van der Waals surface area (Å²) in [5.74, 6) is 0.690. The van der Waals surface area contributed by atoms with Gasteiger partial charge in [-0.15, -0.1) is 0 Å². The first-order valence-corrected chi connectivity index (χ1v) is 11.7. The van der Waals surface area contributed by atoms with E-state index in [4.69, 9.17) is 26.4 Å². The highest BCUT2D eigenvalue weighted by atomic mass is 32.2. The third-order valence-electron chi connectivity index (χ3n) is 5.35. The van der Waals surface area contributed by atoms with Crippen molar-refractivity contribution in [2.24, 2.45) is 0 Å². The number of aryl methyl sites for hydroxylation is 1. The Labute approximate surface area is 202 Å². The Morgan fingerprint density at radius 1 is 1.18 bits per heavy atom. The summed E-state index contributed by atoms with van der Waals surface area (Å²) in [5.41, 5.74) is 2.53. The lowest BCUT2D eigenvalue weighted by molar-refractivity contribution is -0.137. The molecule has 172 valence electrons. The van der Waals surface area contributed by atoms with E-state index >= 15 is 0 Å². The predicted octanol–water partition coefficient (Wildman–Crippen LogP) is 3.65. The number of rotatable bonds is 6. The highest BCUT2D eigenvalue weighted by Crippen LogP contribution is 2.38. The monoisotopic (exact) mass is 484 g/mol. The Morgan fingerprint density at radius 3 is 2.67 bits per heavy atom. The van der Waals surface area contributed by atoms with Gasteiger partial charge in [0, 0.05) is 13.1 Å². The number of amides is 2. The van der Waals surface area contributed by atoms with Gasteiger partial charge in [-0.25, -0.2) is 0 Å². The van der Waals surface area contributed by atoms with Gasteiger partial charge < -0.3 is 19.1 Å². The summed E-state index contributed by atoms with van der Waals surface area (Å²) in [6.45, 7) is 4.09. The molecule has 2 saturated heterocycles. The van der Waals surface area contributed by atoms with Crippen LogP contribution in [-0.2, 0) is 14.3 Å². The lowest BCUT2D eigenvalue weighted by atomic mass is 10.1. The van der Waals surface area contributed by atoms with Gasteiger partial charge in [0.1, 0.15) is 0 Å². The van der Waals surface area contributed by atoms with Gasteiger partial charge in [-0.3, -0.25) is 14.5 Å². The number of para-hydroxylation sites is 1. The van der Waals surface area contributed by atoms with Crippen molar-refractivity contribution in [2.45, 2.75) is 6.92 Å². The van der Waals surface area contributed by atoms with E-state index in [1.807, 2.05) is 37.3 Å². The quantitative estimate of drug-likeness (QED) is 0.458. The van der Waals surface area contributed by atoms with E-state index in [0.717, 1.165) is 16.8 Å². The lowest BCUT2D eigenvalue weighted by Crippen LogP contribution is -2.43. The van der Waals surface area contributed by atoms with Crippen molar-refractivity contribution in [3.63, 3.8) is 0 Å². The van der Waals surface area contributed by atoms with Gasteiger partial charge in [-0.1, -0.05) is 48.2 Å². The highest BCUT2D eigenvalue weighted by Gasteiger charge is 2.34. The number of anilines is 1. The number of carbonyl (C=O) groups is 2. The summed E-state index contributed by atoms with van der Waals surface area (Å²) in [4.78, 5) is 29.2. The maximum atomic E-state index is 13.1. The number of methoxy groups -OCH3 is 1. The van der Waals surface area contributed by atoms with Gasteiger partial charge in [-0.05, 0) is 42.3 Å². The molecule has 0 N–H and O–H groups in total. The Kier molecular flexibility index (Phi) is 7.32. The first-order chi connectivity index (χ1) is 16.0. The van der Waals surface area contributed by atoms with Crippen LogP contribution in [0.15, 0.2) is 47.4 Å². The highest BCUT2D eigenvalue weighted by molar-refractivity contribution is 8.27. The van der Waals surface area contributed by atoms with E-state index in [2.05, 4.69) is 0 Å². The van der Waals surface area contributed by atoms with E-state index in [-0.39, 0.29) is 18.4 Å². The summed E-state index contributed by atoms with van der Waals surface area (Å²) in [6, 6.07) is 13.0. The van der Waals surface area contributed by atoms with Crippen molar-refractivity contribution in [3.05, 3.63) is 58.5 Å². The molecule has 2 heterocycles. The molecule has 2 aromatic rings. The number of thioether (sulfide) groups is 1. The molecule has 0 aliphatic carbocycles. The maximum Gasteiger partial charge on any atom is 0.270 e. The zero-order chi connectivity index (χ0) is 23.4. The first kappa shape index (κ1) is 23.3. The molecule has 9 heteroatoms. The normalized spacial score (nSPS) is 17.6. The molecule has 0 aromatic heterocycles. The number of hydrogen-bond acceptors (Lipinski definition) is 7. The van der Waals surface area contributed by atoms with Crippen molar-refractivity contribution in [2.75, 3.05) is 44.9 Å². The van der Waals surface area contributed by atoms with Crippen LogP contribution in [0, 0.1) is 6.92 Å². The van der Waals surface area contributed by atoms with Gasteiger partial charge in [0.2, 0.25) is 0 Å². The van der Waals surface area contributed by atoms with Crippen LogP contribution in [0.4, 0.5) is 5.69 Å². The molecule has 2 aliphatic rings. The fourth-order valence-corrected chi connectivity index (χ4v) is 4.86. The van der Waals surface area contributed by atoms with E-state index in [1.165, 1.54) is 18.9 Å². The second-order valence-corrected chi connectivity index (χ2v) is 9.17. The van der Waals surface area contributed by atoms with Crippen LogP contribution in [0.3, 0.4) is 0 Å². The van der Waals surface area contributed by atoms with Gasteiger partial charge in [0.15, 0.2) is 22.4 Å². The Morgan fingerprint density at radius 2 is 1.94 bits per heavy atom. The van der Waals surface area contributed by atoms with Crippen molar-refractivity contribution in [3.8, 4) is 11.5 Å². The van der Waals surface area contributed by atoms with Gasteiger partial charge in [0.05, 0.1) is 30.9 Å². The zero-order valence-electron chi connectivity index (χ0n) is 18.4. The molecular formula is C24H24N2O5S2. The van der Waals surface area contributed by atoms with Crippen LogP contribution in [0.2, 0.25) is 0 Å². The minimum absolute atomic E-state index is 0.0786. The molecule has 2 fully saturated rings. The smallest absolute Gasteiger partial charge is 0.270 e. The minimum Gasteiger partial charge on any atom is -0.493 e. The number of benzene rings is 2. The summed E-state index contributed by atoms with van der Waals surface area (Å²) < 4.78 is 16.9. The number of morpholine rings is 1. The summed E-state index contributed by atoms with van der Waals surface area (Å²) in [7, 11) is 1.54. The van der Waals surface area contributed by atoms with Crippen molar-refractivity contribution < 1.29 is 23.8 Å². The molecule has 0 saturated carbocycles. The molecule has 2 aliphatic heterocycles. The van der Waals surface area contributed by atoms with Crippen molar-refractivity contribution in [1.29, 1.82) is 0 Å². The van der Waals surface area contributed by atoms with E-state index < -0.39 is 0 Å². The predicted molar refractivity (Wildman–Crippen MR) is 133 cm³/mol. The Balaban J connectivity index is 1.48. The van der Waals surface area contributed by atoms with Crippen molar-refractivity contribution >= 4 is 51.9 Å². The molecule has 0 atom stereocenters. The fourth-order valence-electron chi connectivity index (χ4n) is 3.58. The van der Waals surface area contributed by atoms with Gasteiger partial charge in [-0.2, -0.15) is 0 Å². The molecule has 7 nitrogen and oxygen atoms in total. The molecular weight excluding hydrogens is 460 g/mol. The molecule has 2 amide bonds. The molecule has 2 aromatic carbocycles. The maximum absolute atomic E-state index is 13.1. The molecule has 0 radical (unpaired) electrons. The van der Waals surface area contributed by atoms with Crippen LogP contribution in [0.5, 0.6) is 11.5 Å². The Hall–Kier alpha value is -2.88. The van der Waals surface area contributed by atoms with Crippen molar-refractivity contribution in [1.82, 2.24) is 4.90 Å². The third kappa shape index (κ3) is 5.21. The minimum atomic E-state index is -0.158. The SMILES string of the molecule is COc1cc(/C=C2\SC(=S)N(c3ccccc3C)C2=O)ccc1OCC(=O)N1CCOCC1. The standard InChI is InChI=1S/C24H24N2O5S2/c1-16-5-3-4-6-18(16)26-23(28)21(33-24(26)32)14-17-7-8-19(20(13-17)29-2)31-15-22(27)25-9-11-30-12-10-25/h3-8,13-14H,9-12,15H2,1-2H3/b21-14-. The van der Waals surface area contributed by atoms with Gasteiger partial charge in [0.25, 0.3) is 11.8 Å². The molecule has 0 spiro atoms. The van der Waals surface area contributed by atoms with E-state index in [9.17, 15) is 9.59 Å². The first-order valence-electron chi connectivity index (χ1n) is 10.5. The number of hydrogen-bond donors (Lipinski definition) is 0. The van der Waals surface area contributed by atoms with E-state index in [0.29, 0.717) is 47.0 Å². The third-order valence-corrected chi connectivity index (χ3v) is 6.65. The number of thiocarbonyl (C=S) groups is 1. The topological polar surface area (TPSA) is 68.3 Å². The van der Waals surface area contributed by atoms with E-state index in [1.54, 1.807) is 28.0 Å².